The number of aldehydes is 1. The number of fused-ring (bicyclic) bond motifs is 1. The van der Waals surface area contributed by atoms with Crippen LogP contribution in [0.25, 0.3) is 5.57 Å². The quantitative estimate of drug-likeness (QED) is 0.444. The minimum absolute atomic E-state index is 0.201. The van der Waals surface area contributed by atoms with Gasteiger partial charge < -0.3 is 0 Å². The maximum atomic E-state index is 13.4. The van der Waals surface area contributed by atoms with E-state index in [-0.39, 0.29) is 16.6 Å². The number of carbonyl (C=O) groups excluding carboxylic acids is 1. The van der Waals surface area contributed by atoms with Crippen LogP contribution >= 0.6 is 0 Å². The number of aryl methyl sites for hydroxylation is 1. The highest BCUT2D eigenvalue weighted by Gasteiger charge is 2.36. The fourth-order valence-corrected chi connectivity index (χ4v) is 4.09. The van der Waals surface area contributed by atoms with Gasteiger partial charge in [-0.25, -0.2) is 4.39 Å². The maximum Gasteiger partial charge on any atom is 0.150 e. The summed E-state index contributed by atoms with van der Waals surface area (Å²) in [6, 6.07) is 13.1. The van der Waals surface area contributed by atoms with Gasteiger partial charge in [-0.15, -0.1) is 0 Å². The maximum absolute atomic E-state index is 13.4. The van der Waals surface area contributed by atoms with Gasteiger partial charge in [0.15, 0.2) is 0 Å². The average molecular weight is 365 g/mol. The Bertz CT molecular complexity index is 874. The topological polar surface area (TPSA) is 17.1 Å². The van der Waals surface area contributed by atoms with Gasteiger partial charge in [-0.05, 0) is 70.9 Å². The van der Waals surface area contributed by atoms with Crippen molar-refractivity contribution in [1.29, 1.82) is 0 Å². The number of benzene rings is 2. The molecular weight excluding hydrogens is 335 g/mol. The van der Waals surface area contributed by atoms with Gasteiger partial charge in [0.1, 0.15) is 12.1 Å². The number of halogens is 1. The standard InChI is InChI=1S/C25H29FO/c1-24(2)13-14-25(3,4)23-15-18(11-12-22(23)24)7-5-9-20(17-27)19-8-6-10-21(26)16-19/h6,8-12,15-17H,5,7,13-14H2,1-4H3. The number of carbonyl (C=O) groups is 1. The second-order valence-electron chi connectivity index (χ2n) is 8.97. The molecule has 0 bridgehead atoms. The summed E-state index contributed by atoms with van der Waals surface area (Å²) in [4.78, 5) is 11.4. The minimum atomic E-state index is -0.320. The average Bonchev–Trinajstić information content (AvgIpc) is 2.63. The SMILES string of the molecule is CC1(C)CCC(C)(C)c2cc(CCC=C(C=O)c3cccc(F)c3)ccc21. The third-order valence-corrected chi connectivity index (χ3v) is 6.00. The lowest BCUT2D eigenvalue weighted by Crippen LogP contribution is -2.33. The van der Waals surface area contributed by atoms with E-state index >= 15 is 0 Å². The van der Waals surface area contributed by atoms with Gasteiger partial charge in [0.25, 0.3) is 0 Å². The molecular formula is C25H29FO. The van der Waals surface area contributed by atoms with Crippen molar-refractivity contribution in [3.05, 3.63) is 76.6 Å². The molecule has 142 valence electrons. The Morgan fingerprint density at radius 1 is 1.00 bits per heavy atom. The van der Waals surface area contributed by atoms with Gasteiger partial charge >= 0.3 is 0 Å². The summed E-state index contributed by atoms with van der Waals surface area (Å²) in [7, 11) is 0. The van der Waals surface area contributed by atoms with E-state index in [4.69, 9.17) is 0 Å². The van der Waals surface area contributed by atoms with Crippen LogP contribution in [0.4, 0.5) is 4.39 Å². The lowest BCUT2D eigenvalue weighted by molar-refractivity contribution is -0.103. The van der Waals surface area contributed by atoms with E-state index in [1.165, 1.54) is 41.7 Å². The summed E-state index contributed by atoms with van der Waals surface area (Å²) in [6.45, 7) is 9.33. The van der Waals surface area contributed by atoms with Crippen LogP contribution in [0.1, 0.15) is 69.2 Å². The molecule has 2 aromatic carbocycles. The zero-order valence-electron chi connectivity index (χ0n) is 16.8. The molecule has 1 aliphatic carbocycles. The first-order valence-electron chi connectivity index (χ1n) is 9.78. The molecule has 27 heavy (non-hydrogen) atoms. The molecule has 0 saturated heterocycles. The summed E-state index contributed by atoms with van der Waals surface area (Å²) in [5, 5.41) is 0. The molecule has 0 amide bonds. The molecule has 1 aliphatic rings. The van der Waals surface area contributed by atoms with Crippen molar-refractivity contribution >= 4 is 11.9 Å². The van der Waals surface area contributed by atoms with Gasteiger partial charge in [0, 0.05) is 5.57 Å². The normalized spacial score (nSPS) is 18.0. The highest BCUT2D eigenvalue weighted by molar-refractivity contribution is 6.06. The number of hydrogen-bond donors (Lipinski definition) is 0. The molecule has 0 saturated carbocycles. The summed E-state index contributed by atoms with van der Waals surface area (Å²) in [6.07, 6.45) is 6.77. The number of allylic oxidation sites excluding steroid dienone is 2. The molecule has 0 N–H and O–H groups in total. The number of rotatable bonds is 5. The van der Waals surface area contributed by atoms with Crippen LogP contribution in [0.5, 0.6) is 0 Å². The smallest absolute Gasteiger partial charge is 0.150 e. The van der Waals surface area contributed by atoms with E-state index in [0.717, 1.165) is 19.1 Å². The Labute approximate surface area is 162 Å². The lowest BCUT2D eigenvalue weighted by Gasteiger charge is -2.42. The molecule has 0 heterocycles. The monoisotopic (exact) mass is 364 g/mol. The summed E-state index contributed by atoms with van der Waals surface area (Å²) < 4.78 is 13.4. The summed E-state index contributed by atoms with van der Waals surface area (Å²) >= 11 is 0. The van der Waals surface area contributed by atoms with Crippen LogP contribution in [-0.2, 0) is 22.0 Å². The van der Waals surface area contributed by atoms with Crippen molar-refractivity contribution in [2.45, 2.75) is 64.2 Å². The van der Waals surface area contributed by atoms with E-state index < -0.39 is 0 Å². The second kappa shape index (κ2) is 7.42. The van der Waals surface area contributed by atoms with Crippen LogP contribution in [0, 0.1) is 5.82 Å². The lowest BCUT2D eigenvalue weighted by atomic mass is 9.63. The van der Waals surface area contributed by atoms with E-state index in [1.54, 1.807) is 12.1 Å². The molecule has 0 radical (unpaired) electrons. The summed E-state index contributed by atoms with van der Waals surface area (Å²) in [5.74, 6) is -0.320. The Balaban J connectivity index is 1.80. The van der Waals surface area contributed by atoms with Gasteiger partial charge in [-0.3, -0.25) is 4.79 Å². The Kier molecular flexibility index (Phi) is 5.37. The van der Waals surface area contributed by atoms with Crippen molar-refractivity contribution in [2.24, 2.45) is 0 Å². The molecule has 0 aliphatic heterocycles. The molecule has 0 spiro atoms. The molecule has 1 nitrogen and oxygen atoms in total. The van der Waals surface area contributed by atoms with Crippen LogP contribution in [-0.4, -0.2) is 6.29 Å². The van der Waals surface area contributed by atoms with Gasteiger partial charge in [0.2, 0.25) is 0 Å². The summed E-state index contributed by atoms with van der Waals surface area (Å²) in [5.41, 5.74) is 5.83. The van der Waals surface area contributed by atoms with E-state index in [1.807, 2.05) is 6.08 Å². The van der Waals surface area contributed by atoms with Crippen molar-refractivity contribution in [3.8, 4) is 0 Å². The zero-order valence-corrected chi connectivity index (χ0v) is 16.8. The largest absolute Gasteiger partial charge is 0.298 e. The van der Waals surface area contributed by atoms with Crippen molar-refractivity contribution in [3.63, 3.8) is 0 Å². The fourth-order valence-electron chi connectivity index (χ4n) is 4.09. The number of hydrogen-bond acceptors (Lipinski definition) is 1. The minimum Gasteiger partial charge on any atom is -0.298 e. The molecule has 2 heteroatoms. The molecule has 0 aromatic heterocycles. The predicted molar refractivity (Wildman–Crippen MR) is 110 cm³/mol. The Morgan fingerprint density at radius 2 is 1.70 bits per heavy atom. The van der Waals surface area contributed by atoms with Crippen LogP contribution < -0.4 is 0 Å². The Morgan fingerprint density at radius 3 is 2.37 bits per heavy atom. The third kappa shape index (κ3) is 4.21. The van der Waals surface area contributed by atoms with Crippen LogP contribution in [0.3, 0.4) is 0 Å². The Hall–Kier alpha value is -2.22. The van der Waals surface area contributed by atoms with E-state index in [0.29, 0.717) is 11.1 Å². The molecule has 2 aromatic rings. The van der Waals surface area contributed by atoms with Crippen molar-refractivity contribution in [1.82, 2.24) is 0 Å². The van der Waals surface area contributed by atoms with Gasteiger partial charge in [0.05, 0.1) is 0 Å². The van der Waals surface area contributed by atoms with Gasteiger partial charge in [-0.1, -0.05) is 64.1 Å². The highest BCUT2D eigenvalue weighted by Crippen LogP contribution is 2.45. The van der Waals surface area contributed by atoms with E-state index in [2.05, 4.69) is 45.9 Å². The van der Waals surface area contributed by atoms with Crippen LogP contribution in [0.2, 0.25) is 0 Å². The van der Waals surface area contributed by atoms with Crippen molar-refractivity contribution in [2.75, 3.05) is 0 Å². The third-order valence-electron chi connectivity index (χ3n) is 6.00. The van der Waals surface area contributed by atoms with Crippen molar-refractivity contribution < 1.29 is 9.18 Å². The van der Waals surface area contributed by atoms with E-state index in [9.17, 15) is 9.18 Å². The molecule has 3 rings (SSSR count). The highest BCUT2D eigenvalue weighted by atomic mass is 19.1. The van der Waals surface area contributed by atoms with Gasteiger partial charge in [-0.2, -0.15) is 0 Å². The second-order valence-corrected chi connectivity index (χ2v) is 8.97. The molecule has 0 unspecified atom stereocenters. The first kappa shape index (κ1) is 19.5. The predicted octanol–water partition coefficient (Wildman–Crippen LogP) is 6.39. The first-order valence-corrected chi connectivity index (χ1v) is 9.78. The zero-order chi connectivity index (χ0) is 19.7. The first-order chi connectivity index (χ1) is 12.7. The molecule has 0 fully saturated rings. The molecule has 0 atom stereocenters. The fraction of sp³-hybridized carbons (Fsp3) is 0.400. The van der Waals surface area contributed by atoms with Crippen LogP contribution in [0.15, 0.2) is 48.5 Å².